The quantitative estimate of drug-likeness (QED) is 0.393. The average molecular weight is 416 g/mol. The van der Waals surface area contributed by atoms with E-state index in [-0.39, 0.29) is 11.1 Å². The molecule has 0 saturated carbocycles. The van der Waals surface area contributed by atoms with E-state index in [0.29, 0.717) is 33.8 Å². The van der Waals surface area contributed by atoms with Crippen molar-refractivity contribution in [3.05, 3.63) is 64.8 Å². The Morgan fingerprint density at radius 3 is 2.75 bits per heavy atom. The summed E-state index contributed by atoms with van der Waals surface area (Å²) < 4.78 is 10.6. The third kappa shape index (κ3) is 4.21. The monoisotopic (exact) mass is 415 g/mol. The number of halogens is 1. The van der Waals surface area contributed by atoms with E-state index in [1.54, 1.807) is 55.7 Å². The number of pyridine rings is 1. The van der Waals surface area contributed by atoms with Crippen molar-refractivity contribution in [2.75, 3.05) is 20.8 Å². The minimum absolute atomic E-state index is 0.154. The number of rotatable bonds is 6. The van der Waals surface area contributed by atoms with Crippen LogP contribution in [-0.4, -0.2) is 41.7 Å². The first-order valence-electron chi connectivity index (χ1n) is 8.31. The van der Waals surface area contributed by atoms with Gasteiger partial charge in [0.25, 0.3) is 5.91 Å². The van der Waals surface area contributed by atoms with E-state index in [0.717, 1.165) is 5.56 Å². The maximum atomic E-state index is 12.9. The van der Waals surface area contributed by atoms with Gasteiger partial charge in [-0.25, -0.2) is 9.98 Å². The van der Waals surface area contributed by atoms with E-state index in [2.05, 4.69) is 16.6 Å². The van der Waals surface area contributed by atoms with Crippen LogP contribution in [0, 0.1) is 0 Å². The van der Waals surface area contributed by atoms with Gasteiger partial charge in [-0.2, -0.15) is 0 Å². The maximum absolute atomic E-state index is 12.9. The Morgan fingerprint density at radius 1 is 1.29 bits per heavy atom. The molecule has 144 valence electrons. The average Bonchev–Trinajstić information content (AvgIpc) is 2.99. The molecule has 1 aromatic heterocycles. The number of carbonyl (C=O) groups is 1. The minimum atomic E-state index is -0.154. The standard InChI is InChI=1S/C20H18ClN3O3S/c1-4-10-24-19(25)17(12-13-7-8-15(26-2)16(11-13)27-3)28-20(24)23-14-6-5-9-22-18(14)21/h4-9,11-12H,1,10H2,2-3H3/b17-12-,23-20?. The summed E-state index contributed by atoms with van der Waals surface area (Å²) in [5.41, 5.74) is 1.31. The number of hydrogen-bond donors (Lipinski definition) is 0. The number of aliphatic imine (C=N–C) groups is 1. The molecule has 28 heavy (non-hydrogen) atoms. The lowest BCUT2D eigenvalue weighted by Crippen LogP contribution is -2.29. The highest BCUT2D eigenvalue weighted by Crippen LogP contribution is 2.36. The molecule has 8 heteroatoms. The summed E-state index contributed by atoms with van der Waals surface area (Å²) in [5.74, 6) is 1.06. The van der Waals surface area contributed by atoms with Crippen molar-refractivity contribution >= 4 is 46.2 Å². The van der Waals surface area contributed by atoms with Crippen molar-refractivity contribution in [3.8, 4) is 11.5 Å². The molecule has 0 spiro atoms. The smallest absolute Gasteiger partial charge is 0.267 e. The SMILES string of the molecule is C=CCN1C(=O)/C(=C/c2ccc(OC)c(OC)c2)SC1=Nc1cccnc1Cl. The molecule has 1 aliphatic rings. The Hall–Kier alpha value is -2.77. The van der Waals surface area contributed by atoms with Gasteiger partial charge in [0.1, 0.15) is 5.69 Å². The lowest BCUT2D eigenvalue weighted by Gasteiger charge is -2.12. The third-order valence-electron chi connectivity index (χ3n) is 3.86. The van der Waals surface area contributed by atoms with E-state index >= 15 is 0 Å². The number of aromatic nitrogens is 1. The van der Waals surface area contributed by atoms with Crippen molar-refractivity contribution in [1.29, 1.82) is 0 Å². The number of thioether (sulfide) groups is 1. The molecule has 1 aliphatic heterocycles. The van der Waals surface area contributed by atoms with Crippen LogP contribution >= 0.6 is 23.4 Å². The Morgan fingerprint density at radius 2 is 2.07 bits per heavy atom. The fourth-order valence-electron chi connectivity index (χ4n) is 2.54. The molecule has 1 saturated heterocycles. The van der Waals surface area contributed by atoms with Gasteiger partial charge in [-0.3, -0.25) is 9.69 Å². The summed E-state index contributed by atoms with van der Waals surface area (Å²) in [6.45, 7) is 4.06. The van der Waals surface area contributed by atoms with Gasteiger partial charge in [0, 0.05) is 12.7 Å². The van der Waals surface area contributed by atoms with Gasteiger partial charge >= 0.3 is 0 Å². The highest BCUT2D eigenvalue weighted by Gasteiger charge is 2.32. The largest absolute Gasteiger partial charge is 0.493 e. The fraction of sp³-hybridized carbons (Fsp3) is 0.150. The van der Waals surface area contributed by atoms with E-state index in [9.17, 15) is 4.79 Å². The minimum Gasteiger partial charge on any atom is -0.493 e. The van der Waals surface area contributed by atoms with Crippen LogP contribution in [0.2, 0.25) is 5.15 Å². The molecule has 1 fully saturated rings. The highest BCUT2D eigenvalue weighted by molar-refractivity contribution is 8.18. The van der Waals surface area contributed by atoms with Crippen LogP contribution in [0.5, 0.6) is 11.5 Å². The summed E-state index contributed by atoms with van der Waals surface area (Å²) in [6.07, 6.45) is 5.03. The van der Waals surface area contributed by atoms with Crippen LogP contribution in [0.15, 0.2) is 59.1 Å². The molecular weight excluding hydrogens is 398 g/mol. The van der Waals surface area contributed by atoms with E-state index < -0.39 is 0 Å². The van der Waals surface area contributed by atoms with E-state index in [1.165, 1.54) is 11.8 Å². The first-order chi connectivity index (χ1) is 13.6. The highest BCUT2D eigenvalue weighted by atomic mass is 35.5. The number of ether oxygens (including phenoxy) is 2. The van der Waals surface area contributed by atoms with Gasteiger partial charge in [-0.1, -0.05) is 23.7 Å². The number of benzene rings is 1. The van der Waals surface area contributed by atoms with Gasteiger partial charge in [0.05, 0.1) is 19.1 Å². The van der Waals surface area contributed by atoms with Crippen molar-refractivity contribution in [2.45, 2.75) is 0 Å². The Kier molecular flexibility index (Phi) is 6.38. The van der Waals surface area contributed by atoms with Crippen LogP contribution in [0.3, 0.4) is 0 Å². The van der Waals surface area contributed by atoms with E-state index in [1.807, 2.05) is 12.1 Å². The molecule has 0 N–H and O–H groups in total. The van der Waals surface area contributed by atoms with Crippen LogP contribution in [0.4, 0.5) is 5.69 Å². The summed E-state index contributed by atoms with van der Waals surface area (Å²) >= 11 is 7.37. The van der Waals surface area contributed by atoms with Crippen LogP contribution in [-0.2, 0) is 4.79 Å². The van der Waals surface area contributed by atoms with Gasteiger partial charge < -0.3 is 9.47 Å². The number of nitrogens with zero attached hydrogens (tertiary/aromatic N) is 3. The second kappa shape index (κ2) is 8.95. The topological polar surface area (TPSA) is 64.0 Å². The summed E-state index contributed by atoms with van der Waals surface area (Å²) in [4.78, 5) is 23.5. The van der Waals surface area contributed by atoms with Crippen molar-refractivity contribution < 1.29 is 14.3 Å². The molecule has 6 nitrogen and oxygen atoms in total. The number of hydrogen-bond acceptors (Lipinski definition) is 6. The molecule has 2 heterocycles. The van der Waals surface area contributed by atoms with Crippen molar-refractivity contribution in [2.24, 2.45) is 4.99 Å². The van der Waals surface area contributed by atoms with E-state index in [4.69, 9.17) is 21.1 Å². The Labute approximate surface area is 172 Å². The van der Waals surface area contributed by atoms with Crippen LogP contribution < -0.4 is 9.47 Å². The predicted octanol–water partition coefficient (Wildman–Crippen LogP) is 4.54. The summed E-state index contributed by atoms with van der Waals surface area (Å²) in [6, 6.07) is 8.94. The second-order valence-electron chi connectivity index (χ2n) is 5.64. The zero-order chi connectivity index (χ0) is 20.1. The molecule has 0 atom stereocenters. The van der Waals surface area contributed by atoms with Crippen LogP contribution in [0.1, 0.15) is 5.56 Å². The molecule has 0 unspecified atom stereocenters. The molecule has 1 amide bonds. The first kappa shape index (κ1) is 20.0. The number of amidine groups is 1. The van der Waals surface area contributed by atoms with Crippen molar-refractivity contribution in [1.82, 2.24) is 9.88 Å². The Balaban J connectivity index is 1.97. The normalized spacial score (nSPS) is 16.7. The van der Waals surface area contributed by atoms with Gasteiger partial charge in [0.15, 0.2) is 21.8 Å². The maximum Gasteiger partial charge on any atom is 0.267 e. The molecule has 1 aromatic carbocycles. The number of carbonyl (C=O) groups excluding carboxylic acids is 1. The zero-order valence-corrected chi connectivity index (χ0v) is 17.0. The van der Waals surface area contributed by atoms with Gasteiger partial charge in [-0.15, -0.1) is 6.58 Å². The lowest BCUT2D eigenvalue weighted by atomic mass is 10.2. The molecule has 0 bridgehead atoms. The number of methoxy groups -OCH3 is 2. The second-order valence-corrected chi connectivity index (χ2v) is 7.00. The van der Waals surface area contributed by atoms with Gasteiger partial charge in [-0.05, 0) is 47.7 Å². The molecule has 0 aliphatic carbocycles. The fourth-order valence-corrected chi connectivity index (χ4v) is 3.70. The summed E-state index contributed by atoms with van der Waals surface area (Å²) in [7, 11) is 3.14. The zero-order valence-electron chi connectivity index (χ0n) is 15.4. The molecule has 3 rings (SSSR count). The molecule has 2 aromatic rings. The molecule has 0 radical (unpaired) electrons. The third-order valence-corrected chi connectivity index (χ3v) is 5.16. The van der Waals surface area contributed by atoms with Crippen molar-refractivity contribution in [3.63, 3.8) is 0 Å². The predicted molar refractivity (Wildman–Crippen MR) is 113 cm³/mol. The Bertz CT molecular complexity index is 975. The van der Waals surface area contributed by atoms with Crippen LogP contribution in [0.25, 0.3) is 6.08 Å². The number of amides is 1. The summed E-state index contributed by atoms with van der Waals surface area (Å²) in [5, 5.41) is 0.797. The van der Waals surface area contributed by atoms with Gasteiger partial charge in [0.2, 0.25) is 0 Å². The lowest BCUT2D eigenvalue weighted by molar-refractivity contribution is -0.121. The molecular formula is C20H18ClN3O3S. The first-order valence-corrected chi connectivity index (χ1v) is 9.50.